The first-order valence-electron chi connectivity index (χ1n) is 8.56. The summed E-state index contributed by atoms with van der Waals surface area (Å²) in [6.07, 6.45) is 1.61. The van der Waals surface area contributed by atoms with Crippen molar-refractivity contribution in [2.24, 2.45) is 0 Å². The number of piperazine rings is 1. The molecule has 0 spiro atoms. The third-order valence-electron chi connectivity index (χ3n) is 4.36. The summed E-state index contributed by atoms with van der Waals surface area (Å²) < 4.78 is 0.312. The molecule has 1 aromatic rings. The summed E-state index contributed by atoms with van der Waals surface area (Å²) in [6, 6.07) is 5.86. The van der Waals surface area contributed by atoms with Gasteiger partial charge in [-0.3, -0.25) is 30.0 Å². The number of thiocarbonyl (C=S) groups is 1. The molecule has 0 radical (unpaired) electrons. The number of hydrogen-bond acceptors (Lipinski definition) is 8. The van der Waals surface area contributed by atoms with E-state index in [4.69, 9.17) is 12.2 Å². The highest BCUT2D eigenvalue weighted by Crippen LogP contribution is 2.32. The quantitative estimate of drug-likeness (QED) is 0.326. The molecule has 2 heterocycles. The van der Waals surface area contributed by atoms with Gasteiger partial charge in [0, 0.05) is 38.3 Å². The molecule has 2 saturated heterocycles. The first-order chi connectivity index (χ1) is 13.3. The highest BCUT2D eigenvalue weighted by molar-refractivity contribution is 8.26. The molecule has 11 heteroatoms. The third kappa shape index (κ3) is 4.93. The Kier molecular flexibility index (Phi) is 6.39. The van der Waals surface area contributed by atoms with Crippen molar-refractivity contribution >= 4 is 51.9 Å². The van der Waals surface area contributed by atoms with Gasteiger partial charge in [-0.25, -0.2) is 5.01 Å². The average Bonchev–Trinajstić information content (AvgIpc) is 2.91. The molecule has 0 aliphatic carbocycles. The number of amides is 2. The standard InChI is InChI=1S/C17H19N5O4S2/c1-19-6-8-20(9-7-19)18-15(23)11-21-16(24)14(28-17(21)27)10-12-2-4-13(5-3-12)22(25)26/h2-5,10H,6-9,11H2,1H3,(H,18,23)/b14-10-. The number of thioether (sulfide) groups is 1. The zero-order valence-electron chi connectivity index (χ0n) is 15.2. The Morgan fingerprint density at radius 2 is 1.93 bits per heavy atom. The first kappa shape index (κ1) is 20.4. The number of rotatable bonds is 5. The van der Waals surface area contributed by atoms with E-state index in [1.165, 1.54) is 17.0 Å². The smallest absolute Gasteiger partial charge is 0.269 e. The summed E-state index contributed by atoms with van der Waals surface area (Å²) in [7, 11) is 2.02. The van der Waals surface area contributed by atoms with Gasteiger partial charge in [0.2, 0.25) is 0 Å². The highest BCUT2D eigenvalue weighted by atomic mass is 32.2. The molecule has 9 nitrogen and oxygen atoms in total. The Balaban J connectivity index is 1.61. The van der Waals surface area contributed by atoms with E-state index in [1.807, 2.05) is 12.1 Å². The molecule has 0 aromatic heterocycles. The van der Waals surface area contributed by atoms with Gasteiger partial charge < -0.3 is 4.90 Å². The number of nitrogens with zero attached hydrogens (tertiary/aromatic N) is 4. The summed E-state index contributed by atoms with van der Waals surface area (Å²) in [6.45, 7) is 3.02. The molecular formula is C17H19N5O4S2. The van der Waals surface area contributed by atoms with Crippen molar-refractivity contribution < 1.29 is 14.5 Å². The minimum absolute atomic E-state index is 0.0229. The number of nitrogens with one attached hydrogen (secondary N) is 1. The van der Waals surface area contributed by atoms with Gasteiger partial charge in [-0.15, -0.1) is 0 Å². The lowest BCUT2D eigenvalue weighted by atomic mass is 10.2. The molecule has 0 bridgehead atoms. The van der Waals surface area contributed by atoms with Crippen molar-refractivity contribution in [1.29, 1.82) is 0 Å². The van der Waals surface area contributed by atoms with E-state index >= 15 is 0 Å². The van der Waals surface area contributed by atoms with Crippen LogP contribution in [0.5, 0.6) is 0 Å². The SMILES string of the molecule is CN1CCN(NC(=O)CN2C(=O)/C(=C/c3ccc([N+](=O)[O-])cc3)SC2=S)CC1. The van der Waals surface area contributed by atoms with Crippen LogP contribution in [0.3, 0.4) is 0 Å². The Morgan fingerprint density at radius 3 is 2.54 bits per heavy atom. The summed E-state index contributed by atoms with van der Waals surface area (Å²) in [5, 5.41) is 12.6. The number of non-ortho nitro benzene ring substituents is 1. The maximum atomic E-state index is 12.6. The normalized spacial score (nSPS) is 20.0. The molecule has 28 heavy (non-hydrogen) atoms. The molecule has 1 N–H and O–H groups in total. The van der Waals surface area contributed by atoms with Crippen LogP contribution in [0.2, 0.25) is 0 Å². The number of likely N-dealkylation sites (N-methyl/N-ethyl adjacent to an activating group) is 1. The Bertz CT molecular complexity index is 834. The second-order valence-electron chi connectivity index (χ2n) is 6.44. The number of benzene rings is 1. The van der Waals surface area contributed by atoms with Gasteiger partial charge in [0.05, 0.1) is 9.83 Å². The third-order valence-corrected chi connectivity index (χ3v) is 5.74. The van der Waals surface area contributed by atoms with E-state index in [0.29, 0.717) is 14.8 Å². The fourth-order valence-corrected chi connectivity index (χ4v) is 4.01. The Hall–Kier alpha value is -2.34. The largest absolute Gasteiger partial charge is 0.304 e. The van der Waals surface area contributed by atoms with Gasteiger partial charge in [-0.05, 0) is 30.8 Å². The number of carbonyl (C=O) groups excluding carboxylic acids is 2. The lowest BCUT2D eigenvalue weighted by Crippen LogP contribution is -2.54. The second-order valence-corrected chi connectivity index (χ2v) is 8.12. The van der Waals surface area contributed by atoms with E-state index < -0.39 is 4.92 Å². The van der Waals surface area contributed by atoms with Gasteiger partial charge in [0.15, 0.2) is 0 Å². The Labute approximate surface area is 171 Å². The van der Waals surface area contributed by atoms with Crippen LogP contribution in [0.1, 0.15) is 5.56 Å². The van der Waals surface area contributed by atoms with Crippen molar-refractivity contribution in [3.8, 4) is 0 Å². The zero-order valence-corrected chi connectivity index (χ0v) is 16.8. The van der Waals surface area contributed by atoms with Crippen LogP contribution in [0.15, 0.2) is 29.2 Å². The van der Waals surface area contributed by atoms with Crippen molar-refractivity contribution in [3.63, 3.8) is 0 Å². The fraction of sp³-hybridized carbons (Fsp3) is 0.353. The minimum atomic E-state index is -0.484. The zero-order chi connectivity index (χ0) is 20.3. The van der Waals surface area contributed by atoms with Gasteiger partial charge in [0.25, 0.3) is 17.5 Å². The van der Waals surface area contributed by atoms with Gasteiger partial charge in [0.1, 0.15) is 10.9 Å². The van der Waals surface area contributed by atoms with Gasteiger partial charge in [-0.2, -0.15) is 0 Å². The molecule has 0 unspecified atom stereocenters. The molecular weight excluding hydrogens is 402 g/mol. The second kappa shape index (κ2) is 8.78. The van der Waals surface area contributed by atoms with Gasteiger partial charge >= 0.3 is 0 Å². The van der Waals surface area contributed by atoms with E-state index in [9.17, 15) is 19.7 Å². The summed E-state index contributed by atoms with van der Waals surface area (Å²) >= 11 is 6.35. The van der Waals surface area contributed by atoms with Crippen molar-refractivity contribution in [2.75, 3.05) is 39.8 Å². The van der Waals surface area contributed by atoms with Crippen LogP contribution in [0, 0.1) is 10.1 Å². The monoisotopic (exact) mass is 421 g/mol. The molecule has 148 valence electrons. The van der Waals surface area contributed by atoms with Crippen LogP contribution in [0.25, 0.3) is 6.08 Å². The Morgan fingerprint density at radius 1 is 1.29 bits per heavy atom. The lowest BCUT2D eigenvalue weighted by molar-refractivity contribution is -0.384. The molecule has 2 fully saturated rings. The average molecular weight is 422 g/mol. The molecule has 2 aliphatic heterocycles. The highest BCUT2D eigenvalue weighted by Gasteiger charge is 2.33. The number of nitro benzene ring substituents is 1. The van der Waals surface area contributed by atoms with Gasteiger partial charge in [-0.1, -0.05) is 24.0 Å². The van der Waals surface area contributed by atoms with E-state index in [1.54, 1.807) is 18.2 Å². The summed E-state index contributed by atoms with van der Waals surface area (Å²) in [4.78, 5) is 39.0. The lowest BCUT2D eigenvalue weighted by Gasteiger charge is -2.32. The first-order valence-corrected chi connectivity index (χ1v) is 9.79. The minimum Gasteiger partial charge on any atom is -0.304 e. The van der Waals surface area contributed by atoms with E-state index in [-0.39, 0.29) is 24.0 Å². The predicted molar refractivity (Wildman–Crippen MR) is 110 cm³/mol. The van der Waals surface area contributed by atoms with Crippen LogP contribution < -0.4 is 5.43 Å². The van der Waals surface area contributed by atoms with E-state index in [2.05, 4.69) is 10.3 Å². The van der Waals surface area contributed by atoms with Crippen LogP contribution in [-0.2, 0) is 9.59 Å². The molecule has 2 aliphatic rings. The summed E-state index contributed by atoms with van der Waals surface area (Å²) in [5.41, 5.74) is 3.43. The molecule has 1 aromatic carbocycles. The molecule has 3 rings (SSSR count). The van der Waals surface area contributed by atoms with Crippen molar-refractivity contribution in [2.45, 2.75) is 0 Å². The van der Waals surface area contributed by atoms with Crippen molar-refractivity contribution in [3.05, 3.63) is 44.8 Å². The van der Waals surface area contributed by atoms with Crippen LogP contribution in [0.4, 0.5) is 5.69 Å². The number of carbonyl (C=O) groups is 2. The van der Waals surface area contributed by atoms with Crippen LogP contribution >= 0.6 is 24.0 Å². The molecule has 2 amide bonds. The maximum absolute atomic E-state index is 12.6. The van der Waals surface area contributed by atoms with Crippen molar-refractivity contribution in [1.82, 2.24) is 20.2 Å². The topological polar surface area (TPSA) is 99.0 Å². The van der Waals surface area contributed by atoms with E-state index in [0.717, 1.165) is 37.9 Å². The molecule has 0 atom stereocenters. The summed E-state index contributed by atoms with van der Waals surface area (Å²) in [5.74, 6) is -0.640. The number of nitro groups is 1. The predicted octanol–water partition coefficient (Wildman–Crippen LogP) is 1.07. The number of hydrogen-bond donors (Lipinski definition) is 1. The fourth-order valence-electron chi connectivity index (χ4n) is 2.75. The molecule has 0 saturated carbocycles. The maximum Gasteiger partial charge on any atom is 0.269 e. The van der Waals surface area contributed by atoms with Crippen LogP contribution in [-0.4, -0.2) is 75.6 Å². The number of hydrazine groups is 1.